The highest BCUT2D eigenvalue weighted by Gasteiger charge is 2.36. The van der Waals surface area contributed by atoms with E-state index in [1.54, 1.807) is 18.3 Å². The van der Waals surface area contributed by atoms with Crippen LogP contribution in [0.3, 0.4) is 0 Å². The zero-order chi connectivity index (χ0) is 16.4. The fraction of sp³-hybridized carbons (Fsp3) is 0.333. The van der Waals surface area contributed by atoms with Crippen molar-refractivity contribution in [2.75, 3.05) is 27.2 Å². The fourth-order valence-corrected chi connectivity index (χ4v) is 3.00. The fourth-order valence-electron chi connectivity index (χ4n) is 3.00. The van der Waals surface area contributed by atoms with Crippen LogP contribution in [-0.2, 0) is 4.79 Å². The molecule has 1 saturated heterocycles. The van der Waals surface area contributed by atoms with Crippen molar-refractivity contribution in [2.45, 2.75) is 12.0 Å². The summed E-state index contributed by atoms with van der Waals surface area (Å²) in [6.07, 6.45) is 3.60. The molecule has 0 N–H and O–H groups in total. The number of rotatable bonds is 4. The molecule has 1 atom stereocenters. The molecule has 1 fully saturated rings. The van der Waals surface area contributed by atoms with Gasteiger partial charge in [0.15, 0.2) is 0 Å². The number of hydrogen-bond donors (Lipinski definition) is 0. The van der Waals surface area contributed by atoms with Gasteiger partial charge in [-0.25, -0.2) is 4.39 Å². The summed E-state index contributed by atoms with van der Waals surface area (Å²) >= 11 is 0. The standard InChI is InChI=1S/C18H20FN3O/c1-21(2)17(13-5-3-7-16(19)9-13)18(23)22-11-15(12-22)14-6-4-8-20-10-14/h3-10,15,17H,11-12H2,1-2H3/t17-/m1/s1. The number of nitrogens with zero attached hydrogens (tertiary/aromatic N) is 3. The molecule has 4 nitrogen and oxygen atoms in total. The first-order chi connectivity index (χ1) is 11.1. The number of carbonyl (C=O) groups excluding carboxylic acids is 1. The third-order valence-electron chi connectivity index (χ3n) is 4.26. The van der Waals surface area contributed by atoms with Crippen molar-refractivity contribution in [3.63, 3.8) is 0 Å². The predicted octanol–water partition coefficient (Wildman–Crippen LogP) is 2.45. The van der Waals surface area contributed by atoms with E-state index in [2.05, 4.69) is 4.98 Å². The van der Waals surface area contributed by atoms with Crippen molar-refractivity contribution in [1.82, 2.24) is 14.8 Å². The molecule has 0 spiro atoms. The number of likely N-dealkylation sites (tertiary alicyclic amines) is 1. The van der Waals surface area contributed by atoms with Gasteiger partial charge in [-0.2, -0.15) is 0 Å². The van der Waals surface area contributed by atoms with Crippen LogP contribution in [0.1, 0.15) is 23.1 Å². The molecule has 1 aliphatic rings. The highest BCUT2D eigenvalue weighted by Crippen LogP contribution is 2.30. The summed E-state index contributed by atoms with van der Waals surface area (Å²) in [5, 5.41) is 0. The van der Waals surface area contributed by atoms with E-state index in [4.69, 9.17) is 0 Å². The topological polar surface area (TPSA) is 36.4 Å². The Balaban J connectivity index is 1.71. The average Bonchev–Trinajstić information content (AvgIpc) is 2.46. The summed E-state index contributed by atoms with van der Waals surface area (Å²) in [5.74, 6) is 0.0303. The molecule has 2 heterocycles. The van der Waals surface area contributed by atoms with Gasteiger partial charge in [-0.05, 0) is 43.4 Å². The molecular formula is C18H20FN3O. The van der Waals surface area contributed by atoms with Gasteiger partial charge in [0.05, 0.1) is 0 Å². The molecule has 0 unspecified atom stereocenters. The van der Waals surface area contributed by atoms with Gasteiger partial charge < -0.3 is 4.90 Å². The Morgan fingerprint density at radius 2 is 2.09 bits per heavy atom. The summed E-state index contributed by atoms with van der Waals surface area (Å²) < 4.78 is 13.5. The Labute approximate surface area is 135 Å². The Hall–Kier alpha value is -2.27. The Kier molecular flexibility index (Phi) is 4.39. The first-order valence-electron chi connectivity index (χ1n) is 7.67. The Morgan fingerprint density at radius 3 is 2.70 bits per heavy atom. The lowest BCUT2D eigenvalue weighted by atomic mass is 9.91. The molecule has 1 aromatic carbocycles. The molecule has 0 bridgehead atoms. The number of pyridine rings is 1. The predicted molar refractivity (Wildman–Crippen MR) is 86.4 cm³/mol. The number of amides is 1. The summed E-state index contributed by atoms with van der Waals surface area (Å²) in [4.78, 5) is 20.6. The quantitative estimate of drug-likeness (QED) is 0.870. The molecule has 3 rings (SSSR count). The van der Waals surface area contributed by atoms with Gasteiger partial charge in [0, 0.05) is 31.4 Å². The minimum Gasteiger partial charge on any atom is -0.340 e. The number of likely N-dealkylation sites (N-methyl/N-ethyl adjacent to an activating group) is 1. The number of halogens is 1. The lowest BCUT2D eigenvalue weighted by Gasteiger charge is -2.42. The summed E-state index contributed by atoms with van der Waals surface area (Å²) in [5.41, 5.74) is 1.84. The molecule has 1 aromatic heterocycles. The second-order valence-corrected chi connectivity index (χ2v) is 6.15. The van der Waals surface area contributed by atoms with Crippen LogP contribution in [0.4, 0.5) is 4.39 Å². The van der Waals surface area contributed by atoms with Gasteiger partial charge >= 0.3 is 0 Å². The molecule has 0 aliphatic carbocycles. The zero-order valence-electron chi connectivity index (χ0n) is 13.3. The van der Waals surface area contributed by atoms with Crippen LogP contribution in [0.15, 0.2) is 48.8 Å². The van der Waals surface area contributed by atoms with E-state index in [-0.39, 0.29) is 11.7 Å². The van der Waals surface area contributed by atoms with Crippen molar-refractivity contribution in [3.8, 4) is 0 Å². The van der Waals surface area contributed by atoms with E-state index in [1.807, 2.05) is 42.2 Å². The molecule has 23 heavy (non-hydrogen) atoms. The summed E-state index contributed by atoms with van der Waals surface area (Å²) in [6.45, 7) is 1.37. The second kappa shape index (κ2) is 6.46. The molecule has 2 aromatic rings. The van der Waals surface area contributed by atoms with Gasteiger partial charge in [-0.3, -0.25) is 14.7 Å². The van der Waals surface area contributed by atoms with Crippen LogP contribution < -0.4 is 0 Å². The first kappa shape index (κ1) is 15.6. The highest BCUT2D eigenvalue weighted by molar-refractivity contribution is 5.84. The number of hydrogen-bond acceptors (Lipinski definition) is 3. The van der Waals surface area contributed by atoms with Gasteiger partial charge in [-0.15, -0.1) is 0 Å². The van der Waals surface area contributed by atoms with E-state index in [1.165, 1.54) is 12.1 Å². The largest absolute Gasteiger partial charge is 0.340 e. The van der Waals surface area contributed by atoms with Gasteiger partial charge in [-0.1, -0.05) is 18.2 Å². The van der Waals surface area contributed by atoms with E-state index in [0.717, 1.165) is 5.56 Å². The Morgan fingerprint density at radius 1 is 1.30 bits per heavy atom. The summed E-state index contributed by atoms with van der Waals surface area (Å²) in [7, 11) is 3.68. The van der Waals surface area contributed by atoms with Crippen LogP contribution in [0.2, 0.25) is 0 Å². The van der Waals surface area contributed by atoms with Crippen molar-refractivity contribution in [2.24, 2.45) is 0 Å². The van der Waals surface area contributed by atoms with Crippen LogP contribution in [0.5, 0.6) is 0 Å². The Bertz CT molecular complexity index is 684. The molecule has 1 amide bonds. The minimum absolute atomic E-state index is 0.0146. The maximum atomic E-state index is 13.5. The second-order valence-electron chi connectivity index (χ2n) is 6.15. The monoisotopic (exact) mass is 313 g/mol. The third kappa shape index (κ3) is 3.24. The minimum atomic E-state index is -0.458. The smallest absolute Gasteiger partial charge is 0.244 e. The van der Waals surface area contributed by atoms with Crippen LogP contribution >= 0.6 is 0 Å². The van der Waals surface area contributed by atoms with E-state index in [0.29, 0.717) is 24.6 Å². The lowest BCUT2D eigenvalue weighted by molar-refractivity contribution is -0.141. The van der Waals surface area contributed by atoms with Gasteiger partial charge in [0.25, 0.3) is 0 Å². The molecule has 5 heteroatoms. The maximum absolute atomic E-state index is 13.5. The zero-order valence-corrected chi connectivity index (χ0v) is 13.3. The number of carbonyl (C=O) groups is 1. The highest BCUT2D eigenvalue weighted by atomic mass is 19.1. The van der Waals surface area contributed by atoms with Crippen molar-refractivity contribution < 1.29 is 9.18 Å². The average molecular weight is 313 g/mol. The maximum Gasteiger partial charge on any atom is 0.244 e. The first-order valence-corrected chi connectivity index (χ1v) is 7.67. The van der Waals surface area contributed by atoms with Crippen LogP contribution in [0, 0.1) is 5.82 Å². The van der Waals surface area contributed by atoms with Crippen LogP contribution in [-0.4, -0.2) is 47.9 Å². The SMILES string of the molecule is CN(C)[C@@H](C(=O)N1CC(c2cccnc2)C1)c1cccc(F)c1. The van der Waals surface area contributed by atoms with E-state index >= 15 is 0 Å². The number of benzene rings is 1. The molecule has 0 radical (unpaired) electrons. The number of aromatic nitrogens is 1. The van der Waals surface area contributed by atoms with Crippen LogP contribution in [0.25, 0.3) is 0 Å². The third-order valence-corrected chi connectivity index (χ3v) is 4.26. The van der Waals surface area contributed by atoms with E-state index < -0.39 is 6.04 Å². The summed E-state index contributed by atoms with van der Waals surface area (Å²) in [6, 6.07) is 9.75. The normalized spacial score (nSPS) is 16.3. The van der Waals surface area contributed by atoms with Crippen molar-refractivity contribution in [1.29, 1.82) is 0 Å². The molecule has 120 valence electrons. The van der Waals surface area contributed by atoms with Crippen molar-refractivity contribution >= 4 is 5.91 Å². The van der Waals surface area contributed by atoms with E-state index in [9.17, 15) is 9.18 Å². The lowest BCUT2D eigenvalue weighted by Crippen LogP contribution is -2.52. The molecule has 1 aliphatic heterocycles. The van der Waals surface area contributed by atoms with Crippen molar-refractivity contribution in [3.05, 3.63) is 65.7 Å². The van der Waals surface area contributed by atoms with Gasteiger partial charge in [0.1, 0.15) is 11.9 Å². The molecular weight excluding hydrogens is 293 g/mol. The van der Waals surface area contributed by atoms with Gasteiger partial charge in [0.2, 0.25) is 5.91 Å². The molecule has 0 saturated carbocycles.